The van der Waals surface area contributed by atoms with E-state index in [9.17, 15) is 4.79 Å². The van der Waals surface area contributed by atoms with E-state index >= 15 is 0 Å². The van der Waals surface area contributed by atoms with Crippen molar-refractivity contribution in [3.63, 3.8) is 0 Å². The summed E-state index contributed by atoms with van der Waals surface area (Å²) >= 11 is 0. The highest BCUT2D eigenvalue weighted by Crippen LogP contribution is 2.26. The largest absolute Gasteiger partial charge is 0.468 e. The van der Waals surface area contributed by atoms with Crippen LogP contribution in [-0.4, -0.2) is 19.0 Å². The van der Waals surface area contributed by atoms with Gasteiger partial charge in [-0.1, -0.05) is 25.7 Å². The minimum Gasteiger partial charge on any atom is -0.468 e. The molecule has 0 unspecified atom stereocenters. The zero-order valence-electron chi connectivity index (χ0n) is 11.7. The molecule has 3 heteroatoms. The van der Waals surface area contributed by atoms with Crippen molar-refractivity contribution in [3.05, 3.63) is 47.5 Å². The summed E-state index contributed by atoms with van der Waals surface area (Å²) in [6, 6.07) is 0. The van der Waals surface area contributed by atoms with Gasteiger partial charge in [-0.3, -0.25) is 4.79 Å². The molecule has 0 saturated carbocycles. The molecule has 19 heavy (non-hydrogen) atoms. The zero-order chi connectivity index (χ0) is 14.0. The SMILES string of the molecule is C=C1/C=C\[C@@H](OC)[C@H](C)CC(=O)c2c(C)coc2C1. The van der Waals surface area contributed by atoms with Crippen molar-refractivity contribution in [2.75, 3.05) is 7.11 Å². The molecule has 1 aromatic heterocycles. The van der Waals surface area contributed by atoms with E-state index in [1.54, 1.807) is 13.4 Å². The van der Waals surface area contributed by atoms with Gasteiger partial charge in [-0.05, 0) is 24.0 Å². The Kier molecular flexibility index (Phi) is 4.05. The van der Waals surface area contributed by atoms with Crippen LogP contribution in [0.5, 0.6) is 0 Å². The summed E-state index contributed by atoms with van der Waals surface area (Å²) in [7, 11) is 1.67. The maximum Gasteiger partial charge on any atom is 0.167 e. The van der Waals surface area contributed by atoms with E-state index in [4.69, 9.17) is 9.15 Å². The maximum absolute atomic E-state index is 12.4. The number of carbonyl (C=O) groups is 1. The smallest absolute Gasteiger partial charge is 0.167 e. The molecule has 2 atom stereocenters. The Hall–Kier alpha value is -1.61. The first-order valence-corrected chi connectivity index (χ1v) is 6.52. The fraction of sp³-hybridized carbons (Fsp3) is 0.438. The van der Waals surface area contributed by atoms with Crippen LogP contribution < -0.4 is 0 Å². The van der Waals surface area contributed by atoms with Crippen molar-refractivity contribution < 1.29 is 13.9 Å². The van der Waals surface area contributed by atoms with Crippen LogP contribution in [0.15, 0.2) is 35.0 Å². The molecule has 2 rings (SSSR count). The number of hydrogen-bond acceptors (Lipinski definition) is 3. The number of aryl methyl sites for hydroxylation is 1. The summed E-state index contributed by atoms with van der Waals surface area (Å²) in [5.41, 5.74) is 2.54. The molecule has 0 spiro atoms. The van der Waals surface area contributed by atoms with Gasteiger partial charge < -0.3 is 9.15 Å². The molecule has 0 radical (unpaired) electrons. The second-order valence-electron chi connectivity index (χ2n) is 5.22. The van der Waals surface area contributed by atoms with Crippen LogP contribution in [0.4, 0.5) is 0 Å². The average Bonchev–Trinajstić information content (AvgIpc) is 2.70. The highest BCUT2D eigenvalue weighted by molar-refractivity contribution is 5.98. The number of ketones is 1. The summed E-state index contributed by atoms with van der Waals surface area (Å²) in [6.45, 7) is 7.93. The first kappa shape index (κ1) is 13.8. The molecule has 1 aromatic rings. The van der Waals surface area contributed by atoms with Crippen molar-refractivity contribution >= 4 is 5.78 Å². The van der Waals surface area contributed by atoms with Crippen LogP contribution in [0.3, 0.4) is 0 Å². The molecule has 3 nitrogen and oxygen atoms in total. The highest BCUT2D eigenvalue weighted by atomic mass is 16.5. The van der Waals surface area contributed by atoms with Gasteiger partial charge in [0.05, 0.1) is 17.9 Å². The lowest BCUT2D eigenvalue weighted by Crippen LogP contribution is -2.22. The van der Waals surface area contributed by atoms with Gasteiger partial charge in [-0.2, -0.15) is 0 Å². The summed E-state index contributed by atoms with van der Waals surface area (Å²) < 4.78 is 10.9. The minimum atomic E-state index is -0.0607. The number of furan rings is 1. The first-order valence-electron chi connectivity index (χ1n) is 6.52. The second-order valence-corrected chi connectivity index (χ2v) is 5.22. The lowest BCUT2D eigenvalue weighted by atomic mass is 9.90. The Bertz CT molecular complexity index is 522. The predicted molar refractivity (Wildman–Crippen MR) is 74.3 cm³/mol. The van der Waals surface area contributed by atoms with E-state index in [0.717, 1.165) is 22.5 Å². The fourth-order valence-corrected chi connectivity index (χ4v) is 2.51. The minimum absolute atomic E-state index is 0.0607. The lowest BCUT2D eigenvalue weighted by Gasteiger charge is -2.20. The van der Waals surface area contributed by atoms with Gasteiger partial charge in [0.2, 0.25) is 0 Å². The summed E-state index contributed by atoms with van der Waals surface area (Å²) in [6.07, 6.45) is 6.55. The van der Waals surface area contributed by atoms with Crippen LogP contribution in [0.2, 0.25) is 0 Å². The van der Waals surface area contributed by atoms with Crippen molar-refractivity contribution in [3.8, 4) is 0 Å². The molecule has 0 fully saturated rings. The van der Waals surface area contributed by atoms with Crippen LogP contribution in [0, 0.1) is 12.8 Å². The number of ether oxygens (including phenoxy) is 1. The van der Waals surface area contributed by atoms with E-state index in [0.29, 0.717) is 12.8 Å². The molecular formula is C16H20O3. The lowest BCUT2D eigenvalue weighted by molar-refractivity contribution is 0.0772. The second kappa shape index (κ2) is 5.57. The van der Waals surface area contributed by atoms with Gasteiger partial charge >= 0.3 is 0 Å². The van der Waals surface area contributed by atoms with Crippen molar-refractivity contribution in [1.82, 2.24) is 0 Å². The topological polar surface area (TPSA) is 39.4 Å². The quantitative estimate of drug-likeness (QED) is 0.776. The monoisotopic (exact) mass is 260 g/mol. The first-order chi connectivity index (χ1) is 9.02. The summed E-state index contributed by atoms with van der Waals surface area (Å²) in [5.74, 6) is 0.973. The van der Waals surface area contributed by atoms with E-state index in [1.165, 1.54) is 0 Å². The van der Waals surface area contributed by atoms with E-state index in [1.807, 2.05) is 26.0 Å². The van der Waals surface area contributed by atoms with Crippen molar-refractivity contribution in [2.24, 2.45) is 5.92 Å². The Morgan fingerprint density at radius 2 is 2.21 bits per heavy atom. The molecule has 1 heterocycles. The van der Waals surface area contributed by atoms with E-state index in [2.05, 4.69) is 6.58 Å². The number of rotatable bonds is 1. The predicted octanol–water partition coefficient (Wildman–Crippen LogP) is 3.48. The normalized spacial score (nSPS) is 26.1. The third kappa shape index (κ3) is 2.87. The molecule has 1 aliphatic carbocycles. The van der Waals surface area contributed by atoms with Gasteiger partial charge in [0.25, 0.3) is 0 Å². The molecule has 0 amide bonds. The number of Topliss-reactive ketones (excluding diaryl/α,β-unsaturated/α-hetero) is 1. The Labute approximate surface area is 113 Å². The number of hydrogen-bond donors (Lipinski definition) is 0. The standard InChI is InChI=1S/C16H20O3/c1-10-5-6-14(18-4)11(2)8-13(17)16-12(3)9-19-15(16)7-10/h5-6,9,11,14H,1,7-8H2,2-4H3/b6-5-/t11-,14-/m1/s1. The number of fused-ring (bicyclic) bond motifs is 1. The molecule has 1 aliphatic rings. The van der Waals surface area contributed by atoms with Gasteiger partial charge in [0, 0.05) is 20.0 Å². The van der Waals surface area contributed by atoms with Crippen molar-refractivity contribution in [1.29, 1.82) is 0 Å². The van der Waals surface area contributed by atoms with Crippen molar-refractivity contribution in [2.45, 2.75) is 32.8 Å². The van der Waals surface area contributed by atoms with Gasteiger partial charge in [0.15, 0.2) is 5.78 Å². The number of methoxy groups -OCH3 is 1. The molecule has 0 N–H and O–H groups in total. The van der Waals surface area contributed by atoms with Gasteiger partial charge in [-0.25, -0.2) is 0 Å². The van der Waals surface area contributed by atoms with Crippen LogP contribution in [0.25, 0.3) is 0 Å². The Morgan fingerprint density at radius 3 is 2.89 bits per heavy atom. The Morgan fingerprint density at radius 1 is 1.47 bits per heavy atom. The molecule has 0 bridgehead atoms. The zero-order valence-corrected chi connectivity index (χ0v) is 11.7. The van der Waals surface area contributed by atoms with E-state index < -0.39 is 0 Å². The average molecular weight is 260 g/mol. The summed E-state index contributed by atoms with van der Waals surface area (Å²) in [4.78, 5) is 12.4. The van der Waals surface area contributed by atoms with Gasteiger partial charge in [0.1, 0.15) is 5.76 Å². The van der Waals surface area contributed by atoms with E-state index in [-0.39, 0.29) is 17.8 Å². The third-order valence-electron chi connectivity index (χ3n) is 3.58. The fourth-order valence-electron chi connectivity index (χ4n) is 2.51. The number of carbonyl (C=O) groups excluding carboxylic acids is 1. The molecule has 0 saturated heterocycles. The highest BCUT2D eigenvalue weighted by Gasteiger charge is 2.24. The van der Waals surface area contributed by atoms with Crippen LogP contribution >= 0.6 is 0 Å². The maximum atomic E-state index is 12.4. The molecule has 0 aliphatic heterocycles. The molecule has 0 aromatic carbocycles. The third-order valence-corrected chi connectivity index (χ3v) is 3.58. The molecular weight excluding hydrogens is 240 g/mol. The Balaban J connectivity index is 2.40. The van der Waals surface area contributed by atoms with Crippen LogP contribution in [0.1, 0.15) is 35.0 Å². The molecule has 102 valence electrons. The summed E-state index contributed by atoms with van der Waals surface area (Å²) in [5, 5.41) is 0. The van der Waals surface area contributed by atoms with Gasteiger partial charge in [-0.15, -0.1) is 0 Å². The van der Waals surface area contributed by atoms with Crippen LogP contribution in [-0.2, 0) is 11.2 Å². The number of allylic oxidation sites excluding steroid dienone is 2.